The Labute approximate surface area is 204 Å². The molecule has 3 aliphatic rings. The maximum Gasteiger partial charge on any atom is 0.251 e. The molecule has 2 amide bonds. The van der Waals surface area contributed by atoms with E-state index < -0.39 is 0 Å². The summed E-state index contributed by atoms with van der Waals surface area (Å²) in [6.07, 6.45) is 4.10. The third-order valence-electron chi connectivity index (χ3n) is 6.80. The van der Waals surface area contributed by atoms with Crippen LogP contribution in [-0.2, 0) is 9.59 Å². The largest absolute Gasteiger partial charge is 0.494 e. The van der Waals surface area contributed by atoms with Crippen LogP contribution in [0.5, 0.6) is 5.75 Å². The first-order valence-electron chi connectivity index (χ1n) is 12.1. The zero-order chi connectivity index (χ0) is 24.4. The third kappa shape index (κ3) is 4.81. The van der Waals surface area contributed by atoms with Gasteiger partial charge in [0.2, 0.25) is 5.91 Å². The van der Waals surface area contributed by atoms with Crippen molar-refractivity contribution in [1.82, 2.24) is 20.2 Å². The van der Waals surface area contributed by atoms with Gasteiger partial charge in [0.05, 0.1) is 18.3 Å². The highest BCUT2D eigenvalue weighted by Gasteiger charge is 2.40. The van der Waals surface area contributed by atoms with Crippen LogP contribution < -0.4 is 15.1 Å². The van der Waals surface area contributed by atoms with Crippen LogP contribution >= 0.6 is 0 Å². The summed E-state index contributed by atoms with van der Waals surface area (Å²) in [5.74, 6) is 0.377. The summed E-state index contributed by atoms with van der Waals surface area (Å²) in [4.78, 5) is 31.3. The van der Waals surface area contributed by atoms with Gasteiger partial charge in [0.15, 0.2) is 0 Å². The molecule has 1 N–H and O–H groups in total. The van der Waals surface area contributed by atoms with E-state index in [9.17, 15) is 14.0 Å². The quantitative estimate of drug-likeness (QED) is 0.687. The Balaban J connectivity index is 1.15. The van der Waals surface area contributed by atoms with Gasteiger partial charge in [0.1, 0.15) is 24.2 Å². The number of carbonyl (C=O) groups is 2. The molecular formula is C26H30FN5O3. The molecule has 3 aliphatic heterocycles. The predicted molar refractivity (Wildman–Crippen MR) is 130 cm³/mol. The third-order valence-corrected chi connectivity index (χ3v) is 6.80. The van der Waals surface area contributed by atoms with Crippen LogP contribution in [0.4, 0.5) is 10.1 Å². The number of halogens is 1. The van der Waals surface area contributed by atoms with Crippen molar-refractivity contribution in [3.8, 4) is 5.75 Å². The van der Waals surface area contributed by atoms with E-state index in [1.165, 1.54) is 11.0 Å². The number of fused-ring (bicyclic) bond motifs is 1. The van der Waals surface area contributed by atoms with Gasteiger partial charge in [-0.1, -0.05) is 24.3 Å². The fourth-order valence-corrected chi connectivity index (χ4v) is 4.90. The van der Waals surface area contributed by atoms with Crippen molar-refractivity contribution in [1.29, 1.82) is 0 Å². The second kappa shape index (κ2) is 9.95. The van der Waals surface area contributed by atoms with E-state index in [4.69, 9.17) is 4.74 Å². The number of hydrogen-bond donors (Lipinski definition) is 1. The number of carbonyl (C=O) groups excluding carboxylic acids is 2. The molecule has 2 saturated heterocycles. The highest BCUT2D eigenvalue weighted by atomic mass is 19.1. The maximum atomic E-state index is 14.1. The van der Waals surface area contributed by atoms with Gasteiger partial charge < -0.3 is 24.4 Å². The van der Waals surface area contributed by atoms with Crippen molar-refractivity contribution >= 4 is 17.5 Å². The standard InChI is InChI=1S/C26H30FN5O3/c1-2-35-20-9-7-19(8-10-20)22-17-24-26(34)31(15-16-32(24)28-22)18-25(33)30-13-11-29(12-14-30)23-6-4-3-5-21(23)27/h3-10,15-16,22,24,28H,2,11-14,17-18H2,1H3. The number of nitrogens with zero attached hydrogens (tertiary/aromatic N) is 4. The molecule has 2 aromatic carbocycles. The summed E-state index contributed by atoms with van der Waals surface area (Å²) in [5, 5.41) is 1.83. The normalized spacial score (nSPS) is 21.9. The van der Waals surface area contributed by atoms with E-state index in [-0.39, 0.29) is 36.3 Å². The van der Waals surface area contributed by atoms with Crippen LogP contribution in [0.2, 0.25) is 0 Å². The van der Waals surface area contributed by atoms with E-state index in [1.807, 2.05) is 53.4 Å². The molecule has 35 heavy (non-hydrogen) atoms. The number of benzene rings is 2. The number of hydrazine groups is 1. The maximum absolute atomic E-state index is 14.1. The van der Waals surface area contributed by atoms with Crippen LogP contribution in [0.3, 0.4) is 0 Å². The minimum atomic E-state index is -0.359. The summed E-state index contributed by atoms with van der Waals surface area (Å²) in [7, 11) is 0. The molecule has 2 aromatic rings. The molecule has 5 rings (SSSR count). The van der Waals surface area contributed by atoms with Gasteiger partial charge in [0, 0.05) is 38.6 Å². The average Bonchev–Trinajstić information content (AvgIpc) is 3.32. The van der Waals surface area contributed by atoms with Crippen LogP contribution in [0.15, 0.2) is 60.9 Å². The van der Waals surface area contributed by atoms with Crippen molar-refractivity contribution in [2.75, 3.05) is 44.2 Å². The number of piperazine rings is 1. The Kier molecular flexibility index (Phi) is 6.59. The van der Waals surface area contributed by atoms with Gasteiger partial charge in [-0.15, -0.1) is 0 Å². The minimum Gasteiger partial charge on any atom is -0.494 e. The van der Waals surface area contributed by atoms with Crippen LogP contribution in [-0.4, -0.2) is 72.0 Å². The van der Waals surface area contributed by atoms with Crippen molar-refractivity contribution < 1.29 is 18.7 Å². The molecule has 2 atom stereocenters. The van der Waals surface area contributed by atoms with Crippen molar-refractivity contribution in [2.24, 2.45) is 0 Å². The molecule has 2 fully saturated rings. The number of hydrogen-bond acceptors (Lipinski definition) is 6. The number of ether oxygens (including phenoxy) is 1. The molecule has 0 bridgehead atoms. The lowest BCUT2D eigenvalue weighted by Crippen LogP contribution is -2.54. The predicted octanol–water partition coefficient (Wildman–Crippen LogP) is 2.51. The summed E-state index contributed by atoms with van der Waals surface area (Å²) in [6.45, 7) is 4.68. The van der Waals surface area contributed by atoms with Gasteiger partial charge in [-0.25, -0.2) is 9.82 Å². The Morgan fingerprint density at radius 1 is 1.06 bits per heavy atom. The number of nitrogens with one attached hydrogen (secondary N) is 1. The lowest BCUT2D eigenvalue weighted by atomic mass is 10.0. The first-order chi connectivity index (χ1) is 17.0. The summed E-state index contributed by atoms with van der Waals surface area (Å²) in [5.41, 5.74) is 5.02. The van der Waals surface area contributed by atoms with Crippen LogP contribution in [0.1, 0.15) is 24.9 Å². The van der Waals surface area contributed by atoms with Crippen LogP contribution in [0.25, 0.3) is 0 Å². The first kappa shape index (κ1) is 23.2. The summed E-state index contributed by atoms with van der Waals surface area (Å²) >= 11 is 0. The molecule has 184 valence electrons. The van der Waals surface area contributed by atoms with Gasteiger partial charge >= 0.3 is 0 Å². The summed E-state index contributed by atoms with van der Waals surface area (Å²) in [6, 6.07) is 14.2. The zero-order valence-corrected chi connectivity index (χ0v) is 19.8. The molecule has 0 radical (unpaired) electrons. The molecule has 8 nitrogen and oxygen atoms in total. The SMILES string of the molecule is CCOc1ccc(C2CC3C(=O)N(CC(=O)N4CCN(c5ccccc5F)CC4)C=CN3N2)cc1. The molecule has 0 aliphatic carbocycles. The number of para-hydroxylation sites is 1. The second-order valence-electron chi connectivity index (χ2n) is 8.93. The fourth-order valence-electron chi connectivity index (χ4n) is 4.90. The van der Waals surface area contributed by atoms with Gasteiger partial charge in [-0.05, 0) is 43.2 Å². The average molecular weight is 480 g/mol. The lowest BCUT2D eigenvalue weighted by Gasteiger charge is -2.37. The summed E-state index contributed by atoms with van der Waals surface area (Å²) < 4.78 is 19.6. The van der Waals surface area contributed by atoms with Gasteiger partial charge in [-0.2, -0.15) is 0 Å². The van der Waals surface area contributed by atoms with Gasteiger partial charge in [-0.3, -0.25) is 9.59 Å². The smallest absolute Gasteiger partial charge is 0.251 e. The van der Waals surface area contributed by atoms with Crippen molar-refractivity contribution in [3.05, 3.63) is 72.3 Å². The monoisotopic (exact) mass is 479 g/mol. The lowest BCUT2D eigenvalue weighted by molar-refractivity contribution is -0.141. The number of rotatable bonds is 6. The zero-order valence-electron chi connectivity index (χ0n) is 19.8. The molecule has 0 spiro atoms. The molecular weight excluding hydrogens is 449 g/mol. The molecule has 3 heterocycles. The van der Waals surface area contributed by atoms with E-state index in [1.54, 1.807) is 23.2 Å². The van der Waals surface area contributed by atoms with Crippen LogP contribution in [0, 0.1) is 5.82 Å². The highest BCUT2D eigenvalue weighted by Crippen LogP contribution is 2.31. The minimum absolute atomic E-state index is 0.00591. The second-order valence-corrected chi connectivity index (χ2v) is 8.93. The topological polar surface area (TPSA) is 68.4 Å². The van der Waals surface area contributed by atoms with E-state index in [0.29, 0.717) is 44.9 Å². The Morgan fingerprint density at radius 2 is 1.80 bits per heavy atom. The molecule has 2 unspecified atom stereocenters. The van der Waals surface area contributed by atoms with E-state index in [2.05, 4.69) is 5.43 Å². The number of anilines is 1. The molecule has 0 saturated carbocycles. The Morgan fingerprint density at radius 3 is 2.51 bits per heavy atom. The number of amides is 2. The van der Waals surface area contributed by atoms with Crippen molar-refractivity contribution in [3.63, 3.8) is 0 Å². The van der Waals surface area contributed by atoms with Crippen molar-refractivity contribution in [2.45, 2.75) is 25.4 Å². The molecule has 9 heteroatoms. The van der Waals surface area contributed by atoms with Gasteiger partial charge in [0.25, 0.3) is 5.91 Å². The first-order valence-corrected chi connectivity index (χ1v) is 12.1. The highest BCUT2D eigenvalue weighted by molar-refractivity contribution is 5.89. The van der Waals surface area contributed by atoms with E-state index >= 15 is 0 Å². The fraction of sp³-hybridized carbons (Fsp3) is 0.385. The Bertz CT molecular complexity index is 1100. The van der Waals surface area contributed by atoms with E-state index in [0.717, 1.165) is 11.3 Å². The molecule has 0 aromatic heterocycles. The Hall–Kier alpha value is -3.59.